The molecule has 96 valence electrons. The highest BCUT2D eigenvalue weighted by Gasteiger charge is 2.30. The molecule has 0 aliphatic carbocycles. The monoisotopic (exact) mass is 276 g/mol. The molecular weight excluding hydrogens is 260 g/mol. The van der Waals surface area contributed by atoms with Gasteiger partial charge >= 0.3 is 0 Å². The van der Waals surface area contributed by atoms with E-state index in [1.54, 1.807) is 0 Å². The summed E-state index contributed by atoms with van der Waals surface area (Å²) in [4.78, 5) is 14.6. The maximum absolute atomic E-state index is 12.1. The molecule has 1 aliphatic rings. The highest BCUT2D eigenvalue weighted by atomic mass is 35.5. The van der Waals surface area contributed by atoms with Crippen LogP contribution in [0.5, 0.6) is 0 Å². The van der Waals surface area contributed by atoms with Gasteiger partial charge in [-0.15, -0.1) is 17.5 Å². The Morgan fingerprint density at radius 3 is 3.06 bits per heavy atom. The average Bonchev–Trinajstić information content (AvgIpc) is 2.81. The topological polar surface area (TPSA) is 72.1 Å². The van der Waals surface area contributed by atoms with Gasteiger partial charge in [0, 0.05) is 19.1 Å². The van der Waals surface area contributed by atoms with Crippen LogP contribution in [0.2, 0.25) is 0 Å². The lowest BCUT2D eigenvalue weighted by Crippen LogP contribution is -2.49. The minimum Gasteiger partial charge on any atom is -0.334 e. The second kappa shape index (κ2) is 6.28. The summed E-state index contributed by atoms with van der Waals surface area (Å²) in [6.45, 7) is 3.53. The van der Waals surface area contributed by atoms with Gasteiger partial charge in [0.05, 0.1) is 6.20 Å². The summed E-state index contributed by atoms with van der Waals surface area (Å²) < 4.78 is 3.72. The molecule has 2 atom stereocenters. The molecule has 5 nitrogen and oxygen atoms in total. The van der Waals surface area contributed by atoms with Crippen molar-refractivity contribution in [3.63, 3.8) is 0 Å². The number of hydrogen-bond donors (Lipinski definition) is 1. The van der Waals surface area contributed by atoms with Crippen LogP contribution in [0.3, 0.4) is 0 Å². The van der Waals surface area contributed by atoms with Crippen molar-refractivity contribution in [2.75, 3.05) is 13.1 Å². The van der Waals surface area contributed by atoms with E-state index >= 15 is 0 Å². The van der Waals surface area contributed by atoms with Crippen molar-refractivity contribution in [2.45, 2.75) is 25.8 Å². The van der Waals surface area contributed by atoms with Crippen molar-refractivity contribution in [3.05, 3.63) is 11.1 Å². The first-order valence-corrected chi connectivity index (χ1v) is 6.28. The van der Waals surface area contributed by atoms with E-state index in [0.717, 1.165) is 30.9 Å². The molecule has 0 saturated carbocycles. The summed E-state index contributed by atoms with van der Waals surface area (Å²) in [5.41, 5.74) is 5.73. The molecule has 1 amide bonds. The van der Waals surface area contributed by atoms with Crippen LogP contribution in [0.4, 0.5) is 0 Å². The van der Waals surface area contributed by atoms with Gasteiger partial charge in [-0.3, -0.25) is 4.79 Å². The fraction of sp³-hybridized carbons (Fsp3) is 0.700. The van der Waals surface area contributed by atoms with Gasteiger partial charge in [-0.25, -0.2) is 0 Å². The zero-order valence-electron chi connectivity index (χ0n) is 9.70. The smallest absolute Gasteiger partial charge is 0.267 e. The summed E-state index contributed by atoms with van der Waals surface area (Å²) >= 11 is 1.14. The number of hydrogen-bond acceptors (Lipinski definition) is 5. The lowest BCUT2D eigenvalue weighted by molar-refractivity contribution is 0.0578. The number of nitrogens with zero attached hydrogens (tertiary/aromatic N) is 3. The number of carbonyl (C=O) groups excluding carboxylic acids is 1. The molecule has 1 aromatic rings. The molecule has 1 aromatic heterocycles. The maximum atomic E-state index is 12.1. The summed E-state index contributed by atoms with van der Waals surface area (Å²) in [6, 6.07) is 0.165. The van der Waals surface area contributed by atoms with Crippen LogP contribution >= 0.6 is 23.9 Å². The Hall–Kier alpha value is -0.720. The Kier molecular flexibility index (Phi) is 5.30. The minimum absolute atomic E-state index is 0. The molecule has 1 aliphatic heterocycles. The molecule has 17 heavy (non-hydrogen) atoms. The first kappa shape index (κ1) is 14.3. The molecule has 0 aromatic carbocycles. The summed E-state index contributed by atoms with van der Waals surface area (Å²) in [5.74, 6) is 0.675. The van der Waals surface area contributed by atoms with Crippen molar-refractivity contribution in [1.82, 2.24) is 14.5 Å². The van der Waals surface area contributed by atoms with Gasteiger partial charge in [-0.05, 0) is 30.3 Å². The van der Waals surface area contributed by atoms with Gasteiger partial charge in [0.1, 0.15) is 4.88 Å². The molecule has 1 fully saturated rings. The lowest BCUT2D eigenvalue weighted by Gasteiger charge is -2.37. The van der Waals surface area contributed by atoms with Gasteiger partial charge in [-0.2, -0.15) is 0 Å². The second-order valence-corrected chi connectivity index (χ2v) is 5.09. The summed E-state index contributed by atoms with van der Waals surface area (Å²) in [7, 11) is 0. The molecule has 0 bridgehead atoms. The van der Waals surface area contributed by atoms with E-state index in [1.807, 2.05) is 4.90 Å². The maximum Gasteiger partial charge on any atom is 0.267 e. The summed E-state index contributed by atoms with van der Waals surface area (Å²) in [5, 5.41) is 3.69. The first-order chi connectivity index (χ1) is 7.72. The van der Waals surface area contributed by atoms with Crippen molar-refractivity contribution in [3.8, 4) is 0 Å². The van der Waals surface area contributed by atoms with Gasteiger partial charge in [0.25, 0.3) is 5.91 Å². The predicted octanol–water partition coefficient (Wildman–Crippen LogP) is 1.16. The molecular formula is C10H17ClN4OS. The fourth-order valence-electron chi connectivity index (χ4n) is 2.15. The standard InChI is InChI=1S/C10H16N4OS.ClH/c1-7-2-3-14(8(4-7)5-11)10(15)9-6-12-13-16-9;/h6-8H,2-5,11H2,1H3;1H. The van der Waals surface area contributed by atoms with Crippen LogP contribution in [0.1, 0.15) is 29.4 Å². The third kappa shape index (κ3) is 3.14. The molecule has 2 heterocycles. The van der Waals surface area contributed by atoms with E-state index in [1.165, 1.54) is 6.20 Å². The SMILES string of the molecule is CC1CCN(C(=O)c2cnns2)C(CN)C1.Cl. The van der Waals surface area contributed by atoms with E-state index in [9.17, 15) is 4.79 Å². The van der Waals surface area contributed by atoms with Gasteiger partial charge < -0.3 is 10.6 Å². The molecule has 0 spiro atoms. The Bertz CT molecular complexity index is 359. The largest absolute Gasteiger partial charge is 0.334 e. The van der Waals surface area contributed by atoms with Crippen LogP contribution in [-0.4, -0.2) is 39.5 Å². The highest BCUT2D eigenvalue weighted by Crippen LogP contribution is 2.23. The third-order valence-corrected chi connectivity index (χ3v) is 3.74. The van der Waals surface area contributed by atoms with Crippen molar-refractivity contribution >= 4 is 29.8 Å². The van der Waals surface area contributed by atoms with Crippen LogP contribution in [0, 0.1) is 5.92 Å². The number of carbonyl (C=O) groups is 1. The Balaban J connectivity index is 0.00000144. The van der Waals surface area contributed by atoms with E-state index in [4.69, 9.17) is 5.73 Å². The number of rotatable bonds is 2. The lowest BCUT2D eigenvalue weighted by atomic mass is 9.92. The van der Waals surface area contributed by atoms with Gasteiger partial charge in [0.15, 0.2) is 0 Å². The normalized spacial score (nSPS) is 24.2. The fourth-order valence-corrected chi connectivity index (χ4v) is 2.62. The number of likely N-dealkylation sites (tertiary alicyclic amines) is 1. The molecule has 7 heteroatoms. The Labute approximate surface area is 111 Å². The zero-order valence-corrected chi connectivity index (χ0v) is 11.3. The van der Waals surface area contributed by atoms with Crippen LogP contribution < -0.4 is 5.73 Å². The Morgan fingerprint density at radius 1 is 1.71 bits per heavy atom. The zero-order chi connectivity index (χ0) is 11.5. The number of piperidine rings is 1. The number of aromatic nitrogens is 2. The van der Waals surface area contributed by atoms with E-state index in [0.29, 0.717) is 17.3 Å². The number of amides is 1. The third-order valence-electron chi connectivity index (χ3n) is 3.08. The van der Waals surface area contributed by atoms with Crippen molar-refractivity contribution < 1.29 is 4.79 Å². The quantitative estimate of drug-likeness (QED) is 0.880. The molecule has 2 N–H and O–H groups in total. The summed E-state index contributed by atoms with van der Waals surface area (Å²) in [6.07, 6.45) is 3.57. The van der Waals surface area contributed by atoms with E-state index < -0.39 is 0 Å². The molecule has 1 saturated heterocycles. The van der Waals surface area contributed by atoms with E-state index in [2.05, 4.69) is 16.5 Å². The van der Waals surface area contributed by atoms with Crippen LogP contribution in [0.25, 0.3) is 0 Å². The van der Waals surface area contributed by atoms with Crippen molar-refractivity contribution in [2.24, 2.45) is 11.7 Å². The highest BCUT2D eigenvalue weighted by molar-refractivity contribution is 7.07. The second-order valence-electron chi connectivity index (χ2n) is 4.30. The van der Waals surface area contributed by atoms with Gasteiger partial charge in [0.2, 0.25) is 0 Å². The molecule has 2 rings (SSSR count). The van der Waals surface area contributed by atoms with E-state index in [-0.39, 0.29) is 24.4 Å². The van der Waals surface area contributed by atoms with Gasteiger partial charge in [-0.1, -0.05) is 11.4 Å². The Morgan fingerprint density at radius 2 is 2.47 bits per heavy atom. The van der Waals surface area contributed by atoms with Crippen LogP contribution in [0.15, 0.2) is 6.20 Å². The number of nitrogens with two attached hydrogens (primary N) is 1. The first-order valence-electron chi connectivity index (χ1n) is 5.50. The minimum atomic E-state index is 0. The number of halogens is 1. The molecule has 2 unspecified atom stereocenters. The van der Waals surface area contributed by atoms with Crippen LogP contribution in [-0.2, 0) is 0 Å². The predicted molar refractivity (Wildman–Crippen MR) is 69.4 cm³/mol. The average molecular weight is 277 g/mol. The molecule has 0 radical (unpaired) electrons. The van der Waals surface area contributed by atoms with Crippen molar-refractivity contribution in [1.29, 1.82) is 0 Å².